The number of aromatic nitrogens is 3. The van der Waals surface area contributed by atoms with Crippen molar-refractivity contribution >= 4 is 27.5 Å². The molecule has 25 heavy (non-hydrogen) atoms. The molecule has 0 saturated carbocycles. The first kappa shape index (κ1) is 17.0. The molecule has 9 heteroatoms. The zero-order valence-corrected chi connectivity index (χ0v) is 14.3. The smallest absolute Gasteiger partial charge is 0.271 e. The monoisotopic (exact) mass is 406 g/mol. The van der Waals surface area contributed by atoms with Crippen LogP contribution in [0.4, 0.5) is 10.1 Å². The van der Waals surface area contributed by atoms with Crippen LogP contribution < -0.4 is 10.9 Å². The largest absolute Gasteiger partial charge is 0.339 e. The number of aromatic amines is 1. The number of carbonyl (C=O) groups excluding carboxylic acids is 1. The Morgan fingerprint density at radius 1 is 1.32 bits per heavy atom. The van der Waals surface area contributed by atoms with E-state index in [0.29, 0.717) is 15.9 Å². The zero-order chi connectivity index (χ0) is 17.8. The Kier molecular flexibility index (Phi) is 5.03. The number of pyridine rings is 1. The molecule has 3 aromatic rings. The molecule has 2 aromatic heterocycles. The average Bonchev–Trinajstić information content (AvgIpc) is 3.06. The molecule has 0 unspecified atom stereocenters. The van der Waals surface area contributed by atoms with Gasteiger partial charge in [-0.3, -0.25) is 9.59 Å². The predicted molar refractivity (Wildman–Crippen MR) is 91.4 cm³/mol. The van der Waals surface area contributed by atoms with E-state index < -0.39 is 5.56 Å². The lowest BCUT2D eigenvalue weighted by atomic mass is 10.2. The Balaban J connectivity index is 1.60. The van der Waals surface area contributed by atoms with Crippen molar-refractivity contribution in [2.45, 2.75) is 12.8 Å². The molecular weight excluding hydrogens is 395 g/mol. The number of carbonyl (C=O) groups is 1. The van der Waals surface area contributed by atoms with Crippen LogP contribution in [0, 0.1) is 5.82 Å². The van der Waals surface area contributed by atoms with Crippen LogP contribution in [-0.4, -0.2) is 21.0 Å². The van der Waals surface area contributed by atoms with Crippen molar-refractivity contribution in [2.24, 2.45) is 0 Å². The maximum Gasteiger partial charge on any atom is 0.271 e. The molecule has 0 atom stereocenters. The molecule has 0 aliphatic heterocycles. The molecule has 0 aliphatic carbocycles. The first-order valence-corrected chi connectivity index (χ1v) is 8.07. The van der Waals surface area contributed by atoms with Gasteiger partial charge in [0.25, 0.3) is 5.56 Å². The molecule has 0 bridgehead atoms. The van der Waals surface area contributed by atoms with Gasteiger partial charge in [-0.15, -0.1) is 0 Å². The van der Waals surface area contributed by atoms with Gasteiger partial charge in [0.2, 0.25) is 17.6 Å². The van der Waals surface area contributed by atoms with E-state index in [1.54, 1.807) is 0 Å². The summed E-state index contributed by atoms with van der Waals surface area (Å²) in [6, 6.07) is 7.19. The molecule has 2 heterocycles. The number of hydrogen-bond acceptors (Lipinski definition) is 5. The van der Waals surface area contributed by atoms with E-state index in [-0.39, 0.29) is 36.1 Å². The van der Waals surface area contributed by atoms with Crippen LogP contribution in [0.25, 0.3) is 11.4 Å². The number of aryl methyl sites for hydroxylation is 1. The van der Waals surface area contributed by atoms with Gasteiger partial charge in [0, 0.05) is 29.1 Å². The third-order valence-corrected chi connectivity index (χ3v) is 3.74. The Morgan fingerprint density at radius 2 is 2.08 bits per heavy atom. The lowest BCUT2D eigenvalue weighted by Gasteiger charge is -2.03. The maximum absolute atomic E-state index is 12.9. The first-order valence-electron chi connectivity index (χ1n) is 7.28. The fraction of sp³-hybridized carbons (Fsp3) is 0.125. The average molecular weight is 407 g/mol. The normalized spacial score (nSPS) is 10.6. The van der Waals surface area contributed by atoms with E-state index in [2.05, 4.69) is 36.4 Å². The predicted octanol–water partition coefficient (Wildman–Crippen LogP) is 2.90. The van der Waals surface area contributed by atoms with Crippen molar-refractivity contribution in [3.8, 4) is 11.4 Å². The summed E-state index contributed by atoms with van der Waals surface area (Å²) in [5, 5.41) is 6.32. The minimum atomic E-state index is -0.395. The molecule has 0 spiro atoms. The van der Waals surface area contributed by atoms with Crippen LogP contribution in [0.3, 0.4) is 0 Å². The van der Waals surface area contributed by atoms with Crippen molar-refractivity contribution in [2.75, 3.05) is 5.32 Å². The first-order chi connectivity index (χ1) is 12.0. The summed E-state index contributed by atoms with van der Waals surface area (Å²) in [7, 11) is 0. The summed E-state index contributed by atoms with van der Waals surface area (Å²) in [5.41, 5.74) is 0.367. The van der Waals surface area contributed by atoms with E-state index in [1.165, 1.54) is 36.5 Å². The number of H-pyrrole nitrogens is 1. The van der Waals surface area contributed by atoms with Gasteiger partial charge in [0.15, 0.2) is 0 Å². The number of benzene rings is 1. The quantitative estimate of drug-likeness (QED) is 0.678. The molecule has 3 rings (SSSR count). The highest BCUT2D eigenvalue weighted by Crippen LogP contribution is 2.17. The lowest BCUT2D eigenvalue weighted by molar-refractivity contribution is -0.116. The molecule has 0 saturated heterocycles. The van der Waals surface area contributed by atoms with E-state index in [0.717, 1.165) is 0 Å². The fourth-order valence-corrected chi connectivity index (χ4v) is 2.40. The van der Waals surface area contributed by atoms with Crippen LogP contribution in [-0.2, 0) is 11.2 Å². The van der Waals surface area contributed by atoms with Crippen LogP contribution in [0.2, 0.25) is 0 Å². The summed E-state index contributed by atoms with van der Waals surface area (Å²) in [6.45, 7) is 0. The summed E-state index contributed by atoms with van der Waals surface area (Å²) < 4.78 is 18.6. The molecule has 128 valence electrons. The third-order valence-electron chi connectivity index (χ3n) is 3.28. The van der Waals surface area contributed by atoms with Gasteiger partial charge in [-0.05, 0) is 46.3 Å². The van der Waals surface area contributed by atoms with Crippen molar-refractivity contribution in [1.82, 2.24) is 15.1 Å². The summed E-state index contributed by atoms with van der Waals surface area (Å²) in [5.74, 6) is -0.117. The molecule has 7 nitrogen and oxygen atoms in total. The Hall–Kier alpha value is -2.81. The van der Waals surface area contributed by atoms with Crippen molar-refractivity contribution in [1.29, 1.82) is 0 Å². The molecular formula is C16H12BrFN4O3. The van der Waals surface area contributed by atoms with E-state index in [4.69, 9.17) is 4.52 Å². The molecule has 0 radical (unpaired) electrons. The third kappa shape index (κ3) is 4.38. The second-order valence-corrected chi connectivity index (χ2v) is 6.04. The standard InChI is InChI=1S/C16H12BrFN4O3/c17-10-7-12(16(24)19-8-10)20-13(23)5-6-14-21-15(22-25-14)9-1-3-11(18)4-2-9/h1-4,7-8H,5-6H2,(H,19,24)(H,20,23). The van der Waals surface area contributed by atoms with Gasteiger partial charge in [-0.1, -0.05) is 5.16 Å². The zero-order valence-electron chi connectivity index (χ0n) is 12.8. The second-order valence-electron chi connectivity index (χ2n) is 5.13. The maximum atomic E-state index is 12.9. The Bertz CT molecular complexity index is 953. The molecule has 1 aromatic carbocycles. The number of nitrogens with one attached hydrogen (secondary N) is 2. The molecule has 0 aliphatic rings. The number of hydrogen-bond donors (Lipinski definition) is 2. The van der Waals surface area contributed by atoms with Crippen molar-refractivity contribution < 1.29 is 13.7 Å². The molecule has 0 fully saturated rings. The Morgan fingerprint density at radius 3 is 2.84 bits per heavy atom. The van der Waals surface area contributed by atoms with Crippen LogP contribution >= 0.6 is 15.9 Å². The van der Waals surface area contributed by atoms with E-state index in [9.17, 15) is 14.0 Å². The SMILES string of the molecule is O=C(CCc1nc(-c2ccc(F)cc2)no1)Nc1cc(Br)c[nH]c1=O. The van der Waals surface area contributed by atoms with Gasteiger partial charge in [-0.25, -0.2) is 4.39 Å². The van der Waals surface area contributed by atoms with Crippen LogP contribution in [0.5, 0.6) is 0 Å². The lowest BCUT2D eigenvalue weighted by Crippen LogP contribution is -2.19. The van der Waals surface area contributed by atoms with Crippen molar-refractivity contribution in [3.63, 3.8) is 0 Å². The minimum absolute atomic E-state index is 0.0665. The van der Waals surface area contributed by atoms with Gasteiger partial charge < -0.3 is 14.8 Å². The number of rotatable bonds is 5. The van der Waals surface area contributed by atoms with Crippen LogP contribution in [0.15, 0.2) is 50.3 Å². The highest BCUT2D eigenvalue weighted by atomic mass is 79.9. The van der Waals surface area contributed by atoms with Crippen molar-refractivity contribution in [3.05, 3.63) is 63.1 Å². The fourth-order valence-electron chi connectivity index (χ4n) is 2.06. The van der Waals surface area contributed by atoms with Gasteiger partial charge >= 0.3 is 0 Å². The summed E-state index contributed by atoms with van der Waals surface area (Å²) >= 11 is 3.21. The number of nitrogens with zero attached hydrogens (tertiary/aromatic N) is 2. The molecule has 1 amide bonds. The molecule has 2 N–H and O–H groups in total. The van der Waals surface area contributed by atoms with Crippen LogP contribution in [0.1, 0.15) is 12.3 Å². The van der Waals surface area contributed by atoms with Gasteiger partial charge in [0.1, 0.15) is 11.5 Å². The number of halogens is 2. The second kappa shape index (κ2) is 7.39. The summed E-state index contributed by atoms with van der Waals surface area (Å²) in [6.07, 6.45) is 1.76. The minimum Gasteiger partial charge on any atom is -0.339 e. The highest BCUT2D eigenvalue weighted by Gasteiger charge is 2.12. The Labute approximate surface area is 149 Å². The topological polar surface area (TPSA) is 101 Å². The highest BCUT2D eigenvalue weighted by molar-refractivity contribution is 9.10. The van der Waals surface area contributed by atoms with E-state index >= 15 is 0 Å². The summed E-state index contributed by atoms with van der Waals surface area (Å²) in [4.78, 5) is 30.2. The van der Waals surface area contributed by atoms with Gasteiger partial charge in [0.05, 0.1) is 0 Å². The number of anilines is 1. The van der Waals surface area contributed by atoms with Gasteiger partial charge in [-0.2, -0.15) is 4.98 Å². The number of amides is 1. The van der Waals surface area contributed by atoms with E-state index in [1.807, 2.05) is 0 Å².